The predicted molar refractivity (Wildman–Crippen MR) is 131 cm³/mol. The summed E-state index contributed by atoms with van der Waals surface area (Å²) in [5, 5.41) is 1.16. The minimum absolute atomic E-state index is 0.308. The number of benzene rings is 2. The Kier molecular flexibility index (Phi) is 4.92. The lowest BCUT2D eigenvalue weighted by Crippen LogP contribution is -2.40. The Morgan fingerprint density at radius 2 is 1.73 bits per heavy atom. The van der Waals surface area contributed by atoms with E-state index in [4.69, 9.17) is 16.3 Å². The number of rotatable bonds is 2. The number of ether oxygens (including phenoxy) is 1. The van der Waals surface area contributed by atoms with Crippen LogP contribution in [0.5, 0.6) is 0 Å². The SMILES string of the molecule is Cc1cccc(-c2c3c(=O)n(C)c(=O)n(C)c3c3n2C(C)(C)CO[C@@H]3c2ccc(Cl)cc2)c1. The maximum absolute atomic E-state index is 13.6. The van der Waals surface area contributed by atoms with Gasteiger partial charge in [0.2, 0.25) is 0 Å². The van der Waals surface area contributed by atoms with E-state index in [0.717, 1.165) is 28.1 Å². The fourth-order valence-electron chi connectivity index (χ4n) is 4.95. The number of fused-ring (bicyclic) bond motifs is 3. The van der Waals surface area contributed by atoms with E-state index in [1.807, 2.05) is 49.4 Å². The zero-order chi connectivity index (χ0) is 23.7. The molecule has 0 radical (unpaired) electrons. The number of hydrogen-bond acceptors (Lipinski definition) is 3. The molecule has 1 aliphatic rings. The maximum Gasteiger partial charge on any atom is 0.331 e. The van der Waals surface area contributed by atoms with E-state index in [0.29, 0.717) is 22.5 Å². The van der Waals surface area contributed by atoms with Crippen LogP contribution in [0.15, 0.2) is 58.1 Å². The Balaban J connectivity index is 2.01. The van der Waals surface area contributed by atoms with Crippen LogP contribution in [0.3, 0.4) is 0 Å². The van der Waals surface area contributed by atoms with Gasteiger partial charge in [0.25, 0.3) is 5.56 Å². The molecule has 7 heteroatoms. The van der Waals surface area contributed by atoms with E-state index in [9.17, 15) is 9.59 Å². The Morgan fingerprint density at radius 1 is 1.03 bits per heavy atom. The molecule has 0 amide bonds. The van der Waals surface area contributed by atoms with Gasteiger partial charge in [-0.15, -0.1) is 0 Å². The lowest BCUT2D eigenvalue weighted by molar-refractivity contribution is -0.00707. The van der Waals surface area contributed by atoms with Gasteiger partial charge in [-0.2, -0.15) is 0 Å². The van der Waals surface area contributed by atoms with Crippen molar-refractivity contribution in [3.63, 3.8) is 0 Å². The van der Waals surface area contributed by atoms with Crippen LogP contribution in [0.2, 0.25) is 5.02 Å². The quantitative estimate of drug-likeness (QED) is 0.439. The normalized spacial score (nSPS) is 17.3. The molecule has 0 bridgehead atoms. The summed E-state index contributed by atoms with van der Waals surface area (Å²) in [7, 11) is 3.24. The van der Waals surface area contributed by atoms with Crippen LogP contribution < -0.4 is 11.2 Å². The van der Waals surface area contributed by atoms with E-state index in [-0.39, 0.29) is 11.2 Å². The van der Waals surface area contributed by atoms with E-state index in [2.05, 4.69) is 24.5 Å². The van der Waals surface area contributed by atoms with Crippen molar-refractivity contribution in [3.8, 4) is 11.3 Å². The highest BCUT2D eigenvalue weighted by Gasteiger charge is 2.40. The molecule has 6 nitrogen and oxygen atoms in total. The standard InChI is InChI=1S/C26H26ClN3O3/c1-15-7-6-8-17(13-15)20-19-21(28(4)25(32)29(5)24(19)31)22-23(16-9-11-18(27)12-10-16)33-14-26(2,3)30(20)22/h6-13,23H,14H2,1-5H3/t23-/m1/s1. The van der Waals surface area contributed by atoms with E-state index in [1.54, 1.807) is 11.6 Å². The van der Waals surface area contributed by atoms with Gasteiger partial charge in [-0.25, -0.2) is 4.79 Å². The van der Waals surface area contributed by atoms with Crippen molar-refractivity contribution < 1.29 is 4.74 Å². The van der Waals surface area contributed by atoms with Crippen LogP contribution in [0.25, 0.3) is 22.2 Å². The first kappa shape index (κ1) is 21.7. The number of aromatic nitrogens is 3. The molecule has 2 aromatic heterocycles. The molecule has 3 heterocycles. The fourth-order valence-corrected chi connectivity index (χ4v) is 5.08. The second-order valence-corrected chi connectivity index (χ2v) is 9.86. The third-order valence-corrected chi connectivity index (χ3v) is 6.78. The van der Waals surface area contributed by atoms with Gasteiger partial charge in [0, 0.05) is 19.1 Å². The summed E-state index contributed by atoms with van der Waals surface area (Å²) >= 11 is 6.14. The summed E-state index contributed by atoms with van der Waals surface area (Å²) in [5.41, 5.74) is 4.05. The molecule has 0 spiro atoms. The molecule has 170 valence electrons. The highest BCUT2D eigenvalue weighted by Crippen LogP contribution is 2.45. The number of halogens is 1. The molecular formula is C26H26ClN3O3. The molecule has 4 aromatic rings. The fraction of sp³-hybridized carbons (Fsp3) is 0.308. The highest BCUT2D eigenvalue weighted by molar-refractivity contribution is 6.30. The number of nitrogens with zero attached hydrogens (tertiary/aromatic N) is 3. The first-order valence-electron chi connectivity index (χ1n) is 10.9. The van der Waals surface area contributed by atoms with Crippen LogP contribution >= 0.6 is 11.6 Å². The third kappa shape index (κ3) is 3.20. The lowest BCUT2D eigenvalue weighted by atomic mass is 9.98. The molecule has 0 fully saturated rings. The molecule has 1 aliphatic heterocycles. The van der Waals surface area contributed by atoms with Crippen molar-refractivity contribution in [2.75, 3.05) is 6.61 Å². The molecule has 33 heavy (non-hydrogen) atoms. The Hall–Kier alpha value is -3.09. The zero-order valence-corrected chi connectivity index (χ0v) is 20.1. The smallest absolute Gasteiger partial charge is 0.331 e. The Labute approximate surface area is 196 Å². The second kappa shape index (κ2) is 7.47. The topological polar surface area (TPSA) is 58.2 Å². The second-order valence-electron chi connectivity index (χ2n) is 9.42. The largest absolute Gasteiger partial charge is 0.365 e. The van der Waals surface area contributed by atoms with Crippen LogP contribution in [0.1, 0.15) is 36.8 Å². The van der Waals surface area contributed by atoms with Gasteiger partial charge in [0.05, 0.1) is 34.4 Å². The molecule has 1 atom stereocenters. The zero-order valence-electron chi connectivity index (χ0n) is 19.3. The monoisotopic (exact) mass is 463 g/mol. The Bertz CT molecular complexity index is 1520. The predicted octanol–water partition coefficient (Wildman–Crippen LogP) is 4.52. The summed E-state index contributed by atoms with van der Waals surface area (Å²) in [4.78, 5) is 26.6. The summed E-state index contributed by atoms with van der Waals surface area (Å²) in [6.45, 7) is 6.66. The van der Waals surface area contributed by atoms with Crippen molar-refractivity contribution in [3.05, 3.63) is 91.2 Å². The summed E-state index contributed by atoms with van der Waals surface area (Å²) in [6, 6.07) is 15.6. The maximum atomic E-state index is 13.6. The summed E-state index contributed by atoms with van der Waals surface area (Å²) < 4.78 is 11.4. The van der Waals surface area contributed by atoms with E-state index in [1.165, 1.54) is 11.6 Å². The summed E-state index contributed by atoms with van der Waals surface area (Å²) in [5.74, 6) is 0. The lowest BCUT2D eigenvalue weighted by Gasteiger charge is -2.39. The van der Waals surface area contributed by atoms with Crippen molar-refractivity contribution in [1.82, 2.24) is 13.7 Å². The van der Waals surface area contributed by atoms with Crippen molar-refractivity contribution in [2.45, 2.75) is 32.4 Å². The van der Waals surface area contributed by atoms with Gasteiger partial charge in [-0.1, -0.05) is 47.5 Å². The molecule has 0 saturated carbocycles. The van der Waals surface area contributed by atoms with Gasteiger partial charge in [-0.05, 0) is 50.1 Å². The van der Waals surface area contributed by atoms with Crippen molar-refractivity contribution >= 4 is 22.5 Å². The minimum Gasteiger partial charge on any atom is -0.365 e. The number of aryl methyl sites for hydroxylation is 2. The van der Waals surface area contributed by atoms with Crippen LogP contribution in [-0.4, -0.2) is 20.3 Å². The average molecular weight is 464 g/mol. The first-order chi connectivity index (χ1) is 15.6. The highest BCUT2D eigenvalue weighted by atomic mass is 35.5. The van der Waals surface area contributed by atoms with Crippen LogP contribution in [0.4, 0.5) is 0 Å². The Morgan fingerprint density at radius 3 is 2.39 bits per heavy atom. The van der Waals surface area contributed by atoms with Gasteiger partial charge in [-0.3, -0.25) is 13.9 Å². The van der Waals surface area contributed by atoms with Gasteiger partial charge >= 0.3 is 5.69 Å². The van der Waals surface area contributed by atoms with E-state index < -0.39 is 11.6 Å². The first-order valence-corrected chi connectivity index (χ1v) is 11.3. The van der Waals surface area contributed by atoms with Crippen LogP contribution in [-0.2, 0) is 24.4 Å². The van der Waals surface area contributed by atoms with Gasteiger partial charge in [0.15, 0.2) is 0 Å². The van der Waals surface area contributed by atoms with Gasteiger partial charge in [0.1, 0.15) is 6.10 Å². The van der Waals surface area contributed by atoms with E-state index >= 15 is 0 Å². The molecule has 0 unspecified atom stereocenters. The summed E-state index contributed by atoms with van der Waals surface area (Å²) in [6.07, 6.45) is -0.450. The molecule has 0 saturated heterocycles. The number of hydrogen-bond donors (Lipinski definition) is 0. The molecule has 2 aromatic carbocycles. The van der Waals surface area contributed by atoms with Crippen LogP contribution in [0, 0.1) is 6.92 Å². The van der Waals surface area contributed by atoms with Gasteiger partial charge < -0.3 is 9.30 Å². The van der Waals surface area contributed by atoms with Crippen molar-refractivity contribution in [1.29, 1.82) is 0 Å². The third-order valence-electron chi connectivity index (χ3n) is 6.53. The molecule has 0 N–H and O–H groups in total. The molecular weight excluding hydrogens is 438 g/mol. The van der Waals surface area contributed by atoms with Crippen molar-refractivity contribution in [2.24, 2.45) is 14.1 Å². The molecule has 5 rings (SSSR count). The minimum atomic E-state index is -0.450. The average Bonchev–Trinajstić information content (AvgIpc) is 3.15. The molecule has 0 aliphatic carbocycles.